The molecule has 4 aromatic rings. The predicted molar refractivity (Wildman–Crippen MR) is 152 cm³/mol. The van der Waals surface area contributed by atoms with Gasteiger partial charge in [-0.2, -0.15) is 10.2 Å². The van der Waals surface area contributed by atoms with Crippen LogP contribution < -0.4 is 16.8 Å². The largest absolute Gasteiger partial charge is 0.383 e. The summed E-state index contributed by atoms with van der Waals surface area (Å²) in [6.07, 6.45) is 7.65. The van der Waals surface area contributed by atoms with Crippen molar-refractivity contribution in [2.75, 3.05) is 44.7 Å². The minimum Gasteiger partial charge on any atom is -0.383 e. The smallest absolute Gasteiger partial charge is 0.164 e. The molecule has 0 spiro atoms. The Balaban J connectivity index is 0.000000145. The molecular weight excluding hydrogens is 674 g/mol. The molecule has 0 unspecified atom stereocenters. The number of nitrogens with zero attached hydrogens (tertiary/aromatic N) is 9. The molecule has 0 amide bonds. The lowest BCUT2D eigenvalue weighted by molar-refractivity contribution is 0.205. The van der Waals surface area contributed by atoms with Gasteiger partial charge in [0.05, 0.1) is 22.9 Å². The van der Waals surface area contributed by atoms with E-state index in [9.17, 15) is 0 Å². The number of fused-ring (bicyclic) bond motifs is 2. The Morgan fingerprint density at radius 2 is 1.43 bits per heavy atom. The monoisotopic (exact) mass is 702 g/mol. The Labute approximate surface area is 229 Å². The summed E-state index contributed by atoms with van der Waals surface area (Å²) in [6, 6.07) is 0.744. The van der Waals surface area contributed by atoms with Crippen LogP contribution in [0.2, 0.25) is 0 Å². The van der Waals surface area contributed by atoms with Crippen molar-refractivity contribution in [3.63, 3.8) is 0 Å². The molecule has 2 aliphatic heterocycles. The second-order valence-electron chi connectivity index (χ2n) is 8.94. The van der Waals surface area contributed by atoms with Crippen LogP contribution in [0.15, 0.2) is 12.7 Å². The quantitative estimate of drug-likeness (QED) is 0.265. The van der Waals surface area contributed by atoms with Crippen LogP contribution in [0.3, 0.4) is 0 Å². The number of rotatable bonds is 2. The fourth-order valence-electron chi connectivity index (χ4n) is 4.80. The Bertz CT molecular complexity index is 1330. The van der Waals surface area contributed by atoms with E-state index in [0.717, 1.165) is 68.5 Å². The third-order valence-electron chi connectivity index (χ3n) is 6.51. The molecule has 0 saturated carbocycles. The molecule has 4 aromatic heterocycles. The van der Waals surface area contributed by atoms with Crippen molar-refractivity contribution in [2.24, 2.45) is 0 Å². The zero-order valence-corrected chi connectivity index (χ0v) is 23.7. The highest BCUT2D eigenvalue weighted by Crippen LogP contribution is 2.29. The van der Waals surface area contributed by atoms with E-state index in [1.807, 2.05) is 9.36 Å². The second kappa shape index (κ2) is 10.6. The van der Waals surface area contributed by atoms with Gasteiger partial charge >= 0.3 is 0 Å². The highest BCUT2D eigenvalue weighted by molar-refractivity contribution is 14.1. The minimum absolute atomic E-state index is 0.365. The van der Waals surface area contributed by atoms with Crippen LogP contribution in [0.25, 0.3) is 22.1 Å². The summed E-state index contributed by atoms with van der Waals surface area (Å²) in [5.74, 6) is 1.02. The number of anilines is 2. The highest BCUT2D eigenvalue weighted by Gasteiger charge is 2.24. The molecule has 14 heteroatoms. The van der Waals surface area contributed by atoms with E-state index < -0.39 is 0 Å². The third-order valence-corrected chi connectivity index (χ3v) is 8.02. The van der Waals surface area contributed by atoms with Gasteiger partial charge in [-0.1, -0.05) is 0 Å². The number of piperidine rings is 2. The Kier molecular flexibility index (Phi) is 7.50. The van der Waals surface area contributed by atoms with Gasteiger partial charge in [0.1, 0.15) is 31.7 Å². The maximum absolute atomic E-state index is 5.91. The first-order chi connectivity index (χ1) is 16.9. The SMILES string of the molecule is CN1CCC[C@@H](n2nc(I)c3c(N)ncnc32)C1.Nc1ncnc2c1c(I)nn2[C@@H]1CCCNC1. The van der Waals surface area contributed by atoms with E-state index in [-0.39, 0.29) is 0 Å². The number of aromatic nitrogens is 8. The lowest BCUT2D eigenvalue weighted by Crippen LogP contribution is -2.34. The van der Waals surface area contributed by atoms with Gasteiger partial charge in [-0.05, 0) is 91.0 Å². The van der Waals surface area contributed by atoms with Gasteiger partial charge in [0.2, 0.25) is 0 Å². The molecule has 6 rings (SSSR count). The van der Waals surface area contributed by atoms with E-state index >= 15 is 0 Å². The number of nitrogen functional groups attached to an aromatic ring is 2. The van der Waals surface area contributed by atoms with Gasteiger partial charge in [0.25, 0.3) is 0 Å². The fraction of sp³-hybridized carbons (Fsp3) is 0.524. The normalized spacial score (nSPS) is 21.2. The molecule has 12 nitrogen and oxygen atoms in total. The highest BCUT2D eigenvalue weighted by atomic mass is 127. The number of likely N-dealkylation sites (N-methyl/N-ethyl adjacent to an activating group) is 1. The van der Waals surface area contributed by atoms with Crippen molar-refractivity contribution in [2.45, 2.75) is 37.8 Å². The first kappa shape index (κ1) is 24.8. The van der Waals surface area contributed by atoms with E-state index in [1.165, 1.54) is 25.5 Å². The molecule has 186 valence electrons. The standard InChI is InChI=1S/C11H15IN6.C10H13IN6/c1-17-4-2-3-7(5-17)18-11-8(9(12)16-18)10(13)14-6-15-11;11-8-7-9(12)14-5-15-10(7)17(16-8)6-2-1-3-13-4-6/h6-7H,2-5H2,1H3,(H2,13,14,15);5-6,13H,1-4H2,(H2,12,14,15)/t7-;6-/m11/s1. The number of nitrogens with one attached hydrogen (secondary N) is 1. The Morgan fingerprint density at radius 3 is 1.97 bits per heavy atom. The van der Waals surface area contributed by atoms with Crippen LogP contribution >= 0.6 is 45.2 Å². The van der Waals surface area contributed by atoms with Gasteiger partial charge < -0.3 is 21.7 Å². The molecule has 5 N–H and O–H groups in total. The molecule has 2 fully saturated rings. The number of hydrogen-bond acceptors (Lipinski definition) is 10. The third kappa shape index (κ3) is 5.01. The second-order valence-corrected chi connectivity index (χ2v) is 11.0. The van der Waals surface area contributed by atoms with E-state index in [2.05, 4.69) is 92.6 Å². The lowest BCUT2D eigenvalue weighted by Gasteiger charge is -2.29. The van der Waals surface area contributed by atoms with Crippen LogP contribution in [0.1, 0.15) is 37.8 Å². The average molecular weight is 702 g/mol. The van der Waals surface area contributed by atoms with Crippen molar-refractivity contribution in [3.8, 4) is 0 Å². The summed E-state index contributed by atoms with van der Waals surface area (Å²) in [7, 11) is 2.15. The van der Waals surface area contributed by atoms with E-state index in [1.54, 1.807) is 0 Å². The number of hydrogen-bond donors (Lipinski definition) is 3. The van der Waals surface area contributed by atoms with E-state index in [4.69, 9.17) is 11.5 Å². The fourth-order valence-corrected chi connectivity index (χ4v) is 6.30. The molecule has 6 heterocycles. The molecular formula is C21H28I2N12. The van der Waals surface area contributed by atoms with Crippen LogP contribution in [0, 0.1) is 7.40 Å². The van der Waals surface area contributed by atoms with Gasteiger partial charge in [-0.3, -0.25) is 0 Å². The molecule has 0 aliphatic carbocycles. The lowest BCUT2D eigenvalue weighted by atomic mass is 10.1. The zero-order valence-electron chi connectivity index (χ0n) is 19.4. The molecule has 2 aliphatic rings. The van der Waals surface area contributed by atoms with Crippen molar-refractivity contribution in [1.82, 2.24) is 49.7 Å². The molecule has 0 radical (unpaired) electrons. The van der Waals surface area contributed by atoms with Gasteiger partial charge in [-0.15, -0.1) is 0 Å². The van der Waals surface area contributed by atoms with Gasteiger partial charge in [0.15, 0.2) is 11.3 Å². The average Bonchev–Trinajstić information content (AvgIpc) is 3.39. The van der Waals surface area contributed by atoms with Crippen LogP contribution in [-0.2, 0) is 0 Å². The van der Waals surface area contributed by atoms with Crippen LogP contribution in [-0.4, -0.2) is 77.6 Å². The summed E-state index contributed by atoms with van der Waals surface area (Å²) in [4.78, 5) is 19.1. The van der Waals surface area contributed by atoms with Crippen molar-refractivity contribution in [1.29, 1.82) is 0 Å². The molecule has 2 saturated heterocycles. The Hall–Kier alpha value is -1.92. The molecule has 0 aromatic carbocycles. The van der Waals surface area contributed by atoms with Crippen molar-refractivity contribution >= 4 is 78.9 Å². The molecule has 35 heavy (non-hydrogen) atoms. The first-order valence-electron chi connectivity index (χ1n) is 11.6. The van der Waals surface area contributed by atoms with Crippen molar-refractivity contribution in [3.05, 3.63) is 20.1 Å². The number of likely N-dealkylation sites (tertiary alicyclic amines) is 1. The molecule has 0 bridgehead atoms. The first-order valence-corrected chi connectivity index (χ1v) is 13.8. The minimum atomic E-state index is 0.365. The summed E-state index contributed by atoms with van der Waals surface area (Å²) < 4.78 is 5.77. The van der Waals surface area contributed by atoms with Crippen molar-refractivity contribution < 1.29 is 0 Å². The van der Waals surface area contributed by atoms with Crippen LogP contribution in [0.4, 0.5) is 11.6 Å². The molecule has 2 atom stereocenters. The predicted octanol–water partition coefficient (Wildman–Crippen LogP) is 2.22. The Morgan fingerprint density at radius 1 is 0.857 bits per heavy atom. The summed E-state index contributed by atoms with van der Waals surface area (Å²) in [6.45, 7) is 4.20. The summed E-state index contributed by atoms with van der Waals surface area (Å²) in [5.41, 5.74) is 13.5. The maximum atomic E-state index is 5.91. The number of halogens is 2. The maximum Gasteiger partial charge on any atom is 0.164 e. The van der Waals surface area contributed by atoms with Gasteiger partial charge in [0, 0.05) is 13.1 Å². The summed E-state index contributed by atoms with van der Waals surface area (Å²) >= 11 is 4.39. The summed E-state index contributed by atoms with van der Waals surface area (Å²) in [5, 5.41) is 14.3. The zero-order chi connectivity index (χ0) is 24.5. The van der Waals surface area contributed by atoms with E-state index in [0.29, 0.717) is 23.7 Å². The number of nitrogens with two attached hydrogens (primary N) is 2. The topological polar surface area (TPSA) is 155 Å². The van der Waals surface area contributed by atoms with Crippen LogP contribution in [0.5, 0.6) is 0 Å². The van der Waals surface area contributed by atoms with Gasteiger partial charge in [-0.25, -0.2) is 29.3 Å².